The summed E-state index contributed by atoms with van der Waals surface area (Å²) in [5, 5.41) is 6.32. The van der Waals surface area contributed by atoms with Crippen LogP contribution in [0, 0.1) is 19.8 Å². The van der Waals surface area contributed by atoms with E-state index in [-0.39, 0.29) is 17.7 Å². The van der Waals surface area contributed by atoms with E-state index < -0.39 is 6.04 Å². The number of carbonyl (C=O) groups is 2. The van der Waals surface area contributed by atoms with Gasteiger partial charge in [0.1, 0.15) is 6.04 Å². The van der Waals surface area contributed by atoms with Crippen molar-refractivity contribution >= 4 is 29.1 Å². The fourth-order valence-corrected chi connectivity index (χ4v) is 2.89. The standard InChI is InChI=1S/C21H25ClN2O2/c1-13(2)11-19(24-20(25)17-8-6-5-7-14(17)3)21(26)23-18-12-16(22)10-9-15(18)4/h5-10,12-13,19H,11H2,1-4H3,(H,23,26)(H,24,25)/t19-/m0/s1. The number of halogens is 1. The first-order valence-corrected chi connectivity index (χ1v) is 9.09. The molecule has 0 saturated carbocycles. The highest BCUT2D eigenvalue weighted by Crippen LogP contribution is 2.21. The van der Waals surface area contributed by atoms with Gasteiger partial charge in [-0.3, -0.25) is 9.59 Å². The minimum absolute atomic E-state index is 0.244. The van der Waals surface area contributed by atoms with Crippen LogP contribution in [0.1, 0.15) is 41.8 Å². The van der Waals surface area contributed by atoms with Gasteiger partial charge in [-0.2, -0.15) is 0 Å². The lowest BCUT2D eigenvalue weighted by Crippen LogP contribution is -2.44. The van der Waals surface area contributed by atoms with Gasteiger partial charge in [-0.05, 0) is 55.5 Å². The molecule has 1 atom stereocenters. The predicted molar refractivity (Wildman–Crippen MR) is 107 cm³/mol. The van der Waals surface area contributed by atoms with Crippen LogP contribution in [0.4, 0.5) is 5.69 Å². The maximum Gasteiger partial charge on any atom is 0.252 e. The van der Waals surface area contributed by atoms with Crippen LogP contribution in [0.2, 0.25) is 5.02 Å². The SMILES string of the molecule is Cc1ccc(Cl)cc1NC(=O)[C@H](CC(C)C)NC(=O)c1ccccc1C. The zero-order valence-corrected chi connectivity index (χ0v) is 16.4. The molecule has 0 spiro atoms. The van der Waals surface area contributed by atoms with Crippen LogP contribution in [-0.2, 0) is 4.79 Å². The summed E-state index contributed by atoms with van der Waals surface area (Å²) in [7, 11) is 0. The number of nitrogens with one attached hydrogen (secondary N) is 2. The zero-order chi connectivity index (χ0) is 19.3. The Labute approximate surface area is 159 Å². The smallest absolute Gasteiger partial charge is 0.252 e. The van der Waals surface area contributed by atoms with Crippen LogP contribution in [0.15, 0.2) is 42.5 Å². The fraction of sp³-hybridized carbons (Fsp3) is 0.333. The molecule has 2 aromatic rings. The number of aryl methyl sites for hydroxylation is 2. The van der Waals surface area contributed by atoms with Gasteiger partial charge in [-0.25, -0.2) is 0 Å². The van der Waals surface area contributed by atoms with Crippen molar-refractivity contribution in [2.24, 2.45) is 5.92 Å². The second-order valence-electron chi connectivity index (χ2n) is 6.92. The zero-order valence-electron chi connectivity index (χ0n) is 15.6. The van der Waals surface area contributed by atoms with Crippen LogP contribution in [0.3, 0.4) is 0 Å². The van der Waals surface area contributed by atoms with Gasteiger partial charge >= 0.3 is 0 Å². The first kappa shape index (κ1) is 20.0. The largest absolute Gasteiger partial charge is 0.340 e. The van der Waals surface area contributed by atoms with Gasteiger partial charge in [0.15, 0.2) is 0 Å². The van der Waals surface area contributed by atoms with E-state index in [0.29, 0.717) is 22.7 Å². The molecule has 2 aromatic carbocycles. The third kappa shape index (κ3) is 5.33. The Morgan fingerprint density at radius 2 is 1.73 bits per heavy atom. The Kier molecular flexibility index (Phi) is 6.81. The molecule has 5 heteroatoms. The molecule has 0 heterocycles. The quantitative estimate of drug-likeness (QED) is 0.769. The van der Waals surface area contributed by atoms with Crippen LogP contribution in [0.25, 0.3) is 0 Å². The monoisotopic (exact) mass is 372 g/mol. The number of hydrogen-bond donors (Lipinski definition) is 2. The highest BCUT2D eigenvalue weighted by atomic mass is 35.5. The summed E-state index contributed by atoms with van der Waals surface area (Å²) >= 11 is 6.02. The number of anilines is 1. The summed E-state index contributed by atoms with van der Waals surface area (Å²) in [6.45, 7) is 7.81. The molecule has 26 heavy (non-hydrogen) atoms. The van der Waals surface area contributed by atoms with E-state index in [1.165, 1.54) is 0 Å². The molecule has 0 aliphatic rings. The Morgan fingerprint density at radius 1 is 1.04 bits per heavy atom. The molecule has 2 rings (SSSR count). The lowest BCUT2D eigenvalue weighted by Gasteiger charge is -2.21. The molecule has 0 unspecified atom stereocenters. The van der Waals surface area contributed by atoms with Crippen LogP contribution in [0.5, 0.6) is 0 Å². The number of rotatable bonds is 6. The van der Waals surface area contributed by atoms with Gasteiger partial charge in [0.2, 0.25) is 5.91 Å². The lowest BCUT2D eigenvalue weighted by atomic mass is 10.0. The third-order valence-electron chi connectivity index (χ3n) is 4.18. The summed E-state index contributed by atoms with van der Waals surface area (Å²) in [6, 6.07) is 12.0. The molecule has 0 bridgehead atoms. The summed E-state index contributed by atoms with van der Waals surface area (Å²) in [5.41, 5.74) is 3.02. The average Bonchev–Trinajstić information content (AvgIpc) is 2.57. The van der Waals surface area contributed by atoms with Crippen LogP contribution in [-0.4, -0.2) is 17.9 Å². The Hall–Kier alpha value is -2.33. The van der Waals surface area contributed by atoms with Crippen LogP contribution >= 0.6 is 11.6 Å². The topological polar surface area (TPSA) is 58.2 Å². The molecule has 4 nitrogen and oxygen atoms in total. The van der Waals surface area contributed by atoms with E-state index in [0.717, 1.165) is 11.1 Å². The summed E-state index contributed by atoms with van der Waals surface area (Å²) in [5.74, 6) is -0.235. The van der Waals surface area contributed by atoms with E-state index in [4.69, 9.17) is 11.6 Å². The maximum absolute atomic E-state index is 12.8. The molecule has 0 aliphatic carbocycles. The van der Waals surface area contributed by atoms with Crippen molar-refractivity contribution in [1.29, 1.82) is 0 Å². The van der Waals surface area contributed by atoms with E-state index >= 15 is 0 Å². The molecule has 0 fully saturated rings. The lowest BCUT2D eigenvalue weighted by molar-refractivity contribution is -0.118. The second-order valence-corrected chi connectivity index (χ2v) is 7.36. The summed E-state index contributed by atoms with van der Waals surface area (Å²) in [6.07, 6.45) is 0.545. The van der Waals surface area contributed by atoms with Gasteiger partial charge in [0.25, 0.3) is 5.91 Å². The molecule has 0 radical (unpaired) electrons. The van der Waals surface area contributed by atoms with Crippen molar-refractivity contribution < 1.29 is 9.59 Å². The van der Waals surface area contributed by atoms with E-state index in [1.54, 1.807) is 18.2 Å². The van der Waals surface area contributed by atoms with Crippen molar-refractivity contribution in [2.45, 2.75) is 40.2 Å². The number of hydrogen-bond acceptors (Lipinski definition) is 2. The number of benzene rings is 2. The molecule has 0 aromatic heterocycles. The Balaban J connectivity index is 2.18. The molecule has 138 valence electrons. The Bertz CT molecular complexity index is 802. The van der Waals surface area contributed by atoms with Crippen molar-refractivity contribution in [3.63, 3.8) is 0 Å². The normalized spacial score (nSPS) is 11.9. The third-order valence-corrected chi connectivity index (χ3v) is 4.41. The van der Waals surface area contributed by atoms with Gasteiger partial charge in [-0.1, -0.05) is 49.7 Å². The van der Waals surface area contributed by atoms with E-state index in [9.17, 15) is 9.59 Å². The van der Waals surface area contributed by atoms with Gasteiger partial charge in [0.05, 0.1) is 0 Å². The predicted octanol–water partition coefficient (Wildman–Crippen LogP) is 4.74. The number of carbonyl (C=O) groups excluding carboxylic acids is 2. The average molecular weight is 373 g/mol. The van der Waals surface area contributed by atoms with Gasteiger partial charge in [0, 0.05) is 16.3 Å². The highest BCUT2D eigenvalue weighted by molar-refractivity contribution is 6.31. The van der Waals surface area contributed by atoms with Crippen molar-refractivity contribution in [2.75, 3.05) is 5.32 Å². The first-order chi connectivity index (χ1) is 12.3. The molecule has 2 amide bonds. The minimum atomic E-state index is -0.625. The summed E-state index contributed by atoms with van der Waals surface area (Å²) in [4.78, 5) is 25.4. The first-order valence-electron chi connectivity index (χ1n) is 8.71. The van der Waals surface area contributed by atoms with E-state index in [1.807, 2.05) is 52.0 Å². The van der Waals surface area contributed by atoms with Crippen LogP contribution < -0.4 is 10.6 Å². The summed E-state index contributed by atoms with van der Waals surface area (Å²) < 4.78 is 0. The van der Waals surface area contributed by atoms with Gasteiger partial charge in [-0.15, -0.1) is 0 Å². The number of amides is 2. The maximum atomic E-state index is 12.8. The van der Waals surface area contributed by atoms with Crippen molar-refractivity contribution in [3.05, 3.63) is 64.2 Å². The molecular formula is C21H25ClN2O2. The second kappa shape index (κ2) is 8.86. The molecule has 0 saturated heterocycles. The fourth-order valence-electron chi connectivity index (χ4n) is 2.72. The van der Waals surface area contributed by atoms with Gasteiger partial charge < -0.3 is 10.6 Å². The highest BCUT2D eigenvalue weighted by Gasteiger charge is 2.23. The van der Waals surface area contributed by atoms with Crippen molar-refractivity contribution in [1.82, 2.24) is 5.32 Å². The Morgan fingerprint density at radius 3 is 2.38 bits per heavy atom. The van der Waals surface area contributed by atoms with Crippen molar-refractivity contribution in [3.8, 4) is 0 Å². The molecule has 2 N–H and O–H groups in total. The molecule has 0 aliphatic heterocycles. The van der Waals surface area contributed by atoms with E-state index in [2.05, 4.69) is 10.6 Å². The molecular weight excluding hydrogens is 348 g/mol. The minimum Gasteiger partial charge on any atom is -0.340 e.